The molecule has 2 aromatic heterocycles. The number of amidine groups is 1. The smallest absolute Gasteiger partial charge is 0.177 e. The number of fused-ring (bicyclic) bond motifs is 2. The lowest BCUT2D eigenvalue weighted by atomic mass is 10.1. The van der Waals surface area contributed by atoms with Crippen LogP contribution in [-0.2, 0) is 18.4 Å². The van der Waals surface area contributed by atoms with Crippen LogP contribution >= 0.6 is 15.9 Å². The van der Waals surface area contributed by atoms with Crippen molar-refractivity contribution in [2.45, 2.75) is 30.9 Å². The number of halogens is 3. The highest BCUT2D eigenvalue weighted by Gasteiger charge is 2.33. The molecule has 3 heterocycles. The summed E-state index contributed by atoms with van der Waals surface area (Å²) in [6.45, 7) is 2.79. The van der Waals surface area contributed by atoms with E-state index in [1.807, 2.05) is 24.0 Å². The van der Waals surface area contributed by atoms with Gasteiger partial charge in [0.25, 0.3) is 0 Å². The van der Waals surface area contributed by atoms with Crippen LogP contribution < -0.4 is 10.3 Å². The molecular weight excluding hydrogens is 492 g/mol. The minimum atomic E-state index is -0.777. The number of anilines is 1. The van der Waals surface area contributed by atoms with E-state index in [1.54, 1.807) is 17.0 Å². The third-order valence-corrected chi connectivity index (χ3v) is 6.44. The molecule has 170 valence electrons. The lowest BCUT2D eigenvalue weighted by Gasteiger charge is -2.23. The first-order chi connectivity index (χ1) is 15.9. The summed E-state index contributed by atoms with van der Waals surface area (Å²) in [6.07, 6.45) is 4.63. The predicted octanol–water partition coefficient (Wildman–Crippen LogP) is 4.88. The number of hydrogen-bond acceptors (Lipinski definition) is 4. The van der Waals surface area contributed by atoms with Crippen molar-refractivity contribution >= 4 is 55.5 Å². The van der Waals surface area contributed by atoms with Crippen molar-refractivity contribution in [3.8, 4) is 0 Å². The molecule has 1 N–H and O–H groups in total. The maximum absolute atomic E-state index is 14.3. The Hall–Kier alpha value is -3.20. The Kier molecular flexibility index (Phi) is 5.44. The van der Waals surface area contributed by atoms with Crippen LogP contribution in [0.1, 0.15) is 18.9 Å². The van der Waals surface area contributed by atoms with Gasteiger partial charge in [-0.15, -0.1) is 0 Å². The Morgan fingerprint density at radius 2 is 1.82 bits per heavy atom. The summed E-state index contributed by atoms with van der Waals surface area (Å²) in [5, 5.41) is 5.79. The van der Waals surface area contributed by atoms with Crippen LogP contribution in [0.25, 0.3) is 21.8 Å². The second-order valence-corrected chi connectivity index (χ2v) is 9.83. The second-order valence-electron chi connectivity index (χ2n) is 8.27. The lowest BCUT2D eigenvalue weighted by molar-refractivity contribution is -0.109. The maximum Gasteiger partial charge on any atom is 0.177 e. The van der Waals surface area contributed by atoms with Gasteiger partial charge in [-0.2, -0.15) is 5.10 Å². The predicted molar refractivity (Wildman–Crippen MR) is 130 cm³/mol. The molecule has 33 heavy (non-hydrogen) atoms. The van der Waals surface area contributed by atoms with Crippen LogP contribution in [0.4, 0.5) is 14.5 Å². The molecule has 6 nitrogen and oxygen atoms in total. The van der Waals surface area contributed by atoms with E-state index in [1.165, 1.54) is 24.3 Å². The molecule has 0 fully saturated rings. The van der Waals surface area contributed by atoms with Gasteiger partial charge in [-0.05, 0) is 42.8 Å². The first-order valence-corrected chi connectivity index (χ1v) is 11.5. The number of aldehydes is 1. The average molecular weight is 514 g/mol. The summed E-state index contributed by atoms with van der Waals surface area (Å²) in [5.41, 5.74) is 5.89. The zero-order valence-corrected chi connectivity index (χ0v) is 19.7. The number of carbonyl (C=O) groups excluding carboxylic acids is 1. The summed E-state index contributed by atoms with van der Waals surface area (Å²) < 4.78 is 32.3. The van der Waals surface area contributed by atoms with E-state index in [2.05, 4.69) is 37.9 Å². The van der Waals surface area contributed by atoms with E-state index in [0.717, 1.165) is 23.7 Å². The van der Waals surface area contributed by atoms with E-state index in [4.69, 9.17) is 0 Å². The Morgan fingerprint density at radius 1 is 1.12 bits per heavy atom. The van der Waals surface area contributed by atoms with Crippen molar-refractivity contribution in [3.05, 3.63) is 66.0 Å². The number of nitrogens with one attached hydrogen (secondary N) is 1. The van der Waals surface area contributed by atoms with E-state index in [0.29, 0.717) is 39.2 Å². The second kappa shape index (κ2) is 8.30. The highest BCUT2D eigenvalue weighted by molar-refractivity contribution is 9.09. The molecule has 5 rings (SSSR count). The van der Waals surface area contributed by atoms with Crippen molar-refractivity contribution < 1.29 is 13.6 Å². The van der Waals surface area contributed by atoms with E-state index in [9.17, 15) is 13.6 Å². The summed E-state index contributed by atoms with van der Waals surface area (Å²) in [7, 11) is 1.87. The topological polar surface area (TPSA) is 54.6 Å². The number of carbonyl (C=O) groups is 1. The molecule has 0 saturated heterocycles. The number of benzene rings is 2. The minimum Gasteiger partial charge on any atom is -0.350 e. The first-order valence-electron chi connectivity index (χ1n) is 10.6. The number of hydrogen-bond donors (Lipinski definition) is 1. The SMILES string of the molecule is CC(Br)CCn1cc(N2C(c3cn(C)c4ccc(F)cc34)=NNC2C=O)c2cc(F)ccc21. The summed E-state index contributed by atoms with van der Waals surface area (Å²) in [6, 6.07) is 9.23. The van der Waals surface area contributed by atoms with Gasteiger partial charge >= 0.3 is 0 Å². The molecule has 0 spiro atoms. The Labute approximate surface area is 197 Å². The third kappa shape index (κ3) is 3.70. The first kappa shape index (κ1) is 21.6. The number of aromatic nitrogens is 2. The van der Waals surface area contributed by atoms with Crippen LogP contribution in [0.5, 0.6) is 0 Å². The summed E-state index contributed by atoms with van der Waals surface area (Å²) >= 11 is 3.58. The molecule has 0 bridgehead atoms. The van der Waals surface area contributed by atoms with Gasteiger partial charge in [0.2, 0.25) is 0 Å². The van der Waals surface area contributed by atoms with Crippen LogP contribution in [0.2, 0.25) is 0 Å². The van der Waals surface area contributed by atoms with Crippen molar-refractivity contribution in [1.82, 2.24) is 14.6 Å². The van der Waals surface area contributed by atoms with Gasteiger partial charge < -0.3 is 9.13 Å². The molecule has 2 aromatic carbocycles. The Bertz CT molecular complexity index is 1410. The summed E-state index contributed by atoms with van der Waals surface area (Å²) in [5.74, 6) is -0.251. The van der Waals surface area contributed by atoms with Gasteiger partial charge in [-0.25, -0.2) is 8.78 Å². The third-order valence-electron chi connectivity index (χ3n) is 5.98. The summed E-state index contributed by atoms with van der Waals surface area (Å²) in [4.78, 5) is 14.1. The van der Waals surface area contributed by atoms with Crippen molar-refractivity contribution in [1.29, 1.82) is 0 Å². The molecule has 1 aliphatic heterocycles. The van der Waals surface area contributed by atoms with Crippen LogP contribution in [0.3, 0.4) is 0 Å². The largest absolute Gasteiger partial charge is 0.350 e. The van der Waals surface area contributed by atoms with Gasteiger partial charge in [0, 0.05) is 52.7 Å². The van der Waals surface area contributed by atoms with E-state index < -0.39 is 6.17 Å². The van der Waals surface area contributed by atoms with Crippen LogP contribution in [0.15, 0.2) is 53.9 Å². The number of nitrogens with zero attached hydrogens (tertiary/aromatic N) is 4. The lowest BCUT2D eigenvalue weighted by Crippen LogP contribution is -2.41. The molecule has 0 radical (unpaired) electrons. The number of alkyl halides is 1. The van der Waals surface area contributed by atoms with Crippen LogP contribution in [-0.4, -0.2) is 32.2 Å². The minimum absolute atomic E-state index is 0.317. The fourth-order valence-electron chi connectivity index (χ4n) is 4.40. The standard InChI is InChI=1S/C24H22BrF2N5O/c1-14(25)7-8-31-12-22(18-10-16(27)4-6-21(18)31)32-23(13-33)28-29-24(32)19-11-30(2)20-5-3-15(26)9-17(19)20/h3-6,9-14,23,28H,7-8H2,1-2H3. The van der Waals surface area contributed by atoms with Crippen molar-refractivity contribution in [2.75, 3.05) is 4.90 Å². The Balaban J connectivity index is 1.69. The number of hydrazone groups is 1. The van der Waals surface area contributed by atoms with Gasteiger partial charge in [0.1, 0.15) is 11.6 Å². The quantitative estimate of drug-likeness (QED) is 0.295. The van der Waals surface area contributed by atoms with Crippen molar-refractivity contribution in [2.24, 2.45) is 12.1 Å². The molecule has 0 saturated carbocycles. The van der Waals surface area contributed by atoms with Gasteiger partial charge in [0.05, 0.1) is 11.2 Å². The van der Waals surface area contributed by atoms with Gasteiger partial charge in [-0.1, -0.05) is 22.9 Å². The number of rotatable bonds is 6. The van der Waals surface area contributed by atoms with Crippen molar-refractivity contribution in [3.63, 3.8) is 0 Å². The van der Waals surface area contributed by atoms with Crippen LogP contribution in [0, 0.1) is 11.6 Å². The molecule has 2 atom stereocenters. The zero-order valence-electron chi connectivity index (χ0n) is 18.1. The number of aryl methyl sites for hydroxylation is 2. The highest BCUT2D eigenvalue weighted by atomic mass is 79.9. The van der Waals surface area contributed by atoms with E-state index in [-0.39, 0.29) is 11.6 Å². The molecule has 0 amide bonds. The molecular formula is C24H22BrF2N5O. The average Bonchev–Trinajstić information content (AvgIpc) is 3.44. The molecule has 2 unspecified atom stereocenters. The van der Waals surface area contributed by atoms with Gasteiger partial charge in [0.15, 0.2) is 18.3 Å². The zero-order chi connectivity index (χ0) is 23.3. The van der Waals surface area contributed by atoms with Gasteiger partial charge in [-0.3, -0.25) is 15.1 Å². The normalized spacial score (nSPS) is 16.9. The van der Waals surface area contributed by atoms with E-state index >= 15 is 0 Å². The highest BCUT2D eigenvalue weighted by Crippen LogP contribution is 2.35. The monoisotopic (exact) mass is 513 g/mol. The molecule has 4 aromatic rings. The maximum atomic E-state index is 14.3. The molecule has 1 aliphatic rings. The fourth-order valence-corrected chi connectivity index (χ4v) is 4.61. The molecule has 0 aliphatic carbocycles. The molecule has 9 heteroatoms. The Morgan fingerprint density at radius 3 is 2.52 bits per heavy atom. The fraction of sp³-hybridized carbons (Fsp3) is 0.250.